The van der Waals surface area contributed by atoms with Crippen LogP contribution in [0.2, 0.25) is 0 Å². The third-order valence-corrected chi connectivity index (χ3v) is 4.01. The highest BCUT2D eigenvalue weighted by atomic mass is 32.2. The standard InChI is InChI=1S/C11H17N3O2S/c1-3-16-11(15)9-10(12)14(7(2)13-9)8-4-5-17-6-8/h8H,3-6,12H2,1-2H3. The third-order valence-electron chi connectivity index (χ3n) is 2.86. The first kappa shape index (κ1) is 12.3. The molecule has 1 atom stereocenters. The predicted molar refractivity (Wildman–Crippen MR) is 68.3 cm³/mol. The monoisotopic (exact) mass is 255 g/mol. The number of hydrogen-bond donors (Lipinski definition) is 1. The normalized spacial score (nSPS) is 19.5. The number of carbonyl (C=O) groups is 1. The number of ether oxygens (including phenoxy) is 1. The Morgan fingerprint density at radius 3 is 3.06 bits per heavy atom. The van der Waals surface area contributed by atoms with Crippen LogP contribution in [0.1, 0.15) is 35.7 Å². The number of rotatable bonds is 3. The lowest BCUT2D eigenvalue weighted by Crippen LogP contribution is -2.14. The Labute approximate surface area is 105 Å². The van der Waals surface area contributed by atoms with Crippen LogP contribution in [0.3, 0.4) is 0 Å². The van der Waals surface area contributed by atoms with E-state index < -0.39 is 5.97 Å². The molecule has 2 N–H and O–H groups in total. The van der Waals surface area contributed by atoms with Crippen molar-refractivity contribution >= 4 is 23.5 Å². The van der Waals surface area contributed by atoms with Crippen LogP contribution in [0.15, 0.2) is 0 Å². The molecule has 1 saturated heterocycles. The first-order valence-corrected chi connectivity index (χ1v) is 6.89. The number of imidazole rings is 1. The van der Waals surface area contributed by atoms with Crippen LogP contribution in [-0.2, 0) is 4.74 Å². The average Bonchev–Trinajstić information content (AvgIpc) is 2.87. The van der Waals surface area contributed by atoms with Gasteiger partial charge in [0.15, 0.2) is 5.69 Å². The summed E-state index contributed by atoms with van der Waals surface area (Å²) in [7, 11) is 0. The van der Waals surface area contributed by atoms with Crippen LogP contribution in [-0.4, -0.2) is 33.6 Å². The Morgan fingerprint density at radius 2 is 2.47 bits per heavy atom. The van der Waals surface area contributed by atoms with Gasteiger partial charge in [0.05, 0.1) is 6.61 Å². The molecule has 1 aliphatic rings. The Morgan fingerprint density at radius 1 is 1.71 bits per heavy atom. The summed E-state index contributed by atoms with van der Waals surface area (Å²) in [6, 6.07) is 0.357. The Hall–Kier alpha value is -1.17. The number of esters is 1. The van der Waals surface area contributed by atoms with Crippen molar-refractivity contribution < 1.29 is 9.53 Å². The van der Waals surface area contributed by atoms with Gasteiger partial charge >= 0.3 is 5.97 Å². The molecule has 0 bridgehead atoms. The fourth-order valence-corrected chi connectivity index (χ4v) is 3.29. The van der Waals surface area contributed by atoms with E-state index in [0.717, 1.165) is 23.8 Å². The highest BCUT2D eigenvalue weighted by molar-refractivity contribution is 7.99. The second-order valence-corrected chi connectivity index (χ2v) is 5.15. The first-order chi connectivity index (χ1) is 8.15. The smallest absolute Gasteiger partial charge is 0.360 e. The van der Waals surface area contributed by atoms with Crippen LogP contribution in [0, 0.1) is 6.92 Å². The Kier molecular flexibility index (Phi) is 3.61. The summed E-state index contributed by atoms with van der Waals surface area (Å²) in [5.74, 6) is 2.96. The molecule has 0 amide bonds. The highest BCUT2D eigenvalue weighted by Gasteiger charge is 2.26. The van der Waals surface area contributed by atoms with Gasteiger partial charge in [0.25, 0.3) is 0 Å². The SMILES string of the molecule is CCOC(=O)c1nc(C)n(C2CCSC2)c1N. The maximum absolute atomic E-state index is 11.7. The lowest BCUT2D eigenvalue weighted by molar-refractivity contribution is 0.0521. The molecule has 94 valence electrons. The second kappa shape index (κ2) is 5.00. The van der Waals surface area contributed by atoms with E-state index in [1.54, 1.807) is 6.92 Å². The van der Waals surface area contributed by atoms with Gasteiger partial charge in [0.1, 0.15) is 11.6 Å². The number of nitrogen functional groups attached to an aromatic ring is 1. The van der Waals surface area contributed by atoms with Crippen molar-refractivity contribution in [3.63, 3.8) is 0 Å². The molecule has 17 heavy (non-hydrogen) atoms. The molecule has 0 aromatic carbocycles. The summed E-state index contributed by atoms with van der Waals surface area (Å²) in [4.78, 5) is 15.9. The van der Waals surface area contributed by atoms with Crippen molar-refractivity contribution in [1.29, 1.82) is 0 Å². The number of aryl methyl sites for hydroxylation is 1. The maximum atomic E-state index is 11.7. The molecule has 1 fully saturated rings. The van der Waals surface area contributed by atoms with Gasteiger partial charge in [0.2, 0.25) is 0 Å². The number of nitrogens with two attached hydrogens (primary N) is 1. The first-order valence-electron chi connectivity index (χ1n) is 5.74. The summed E-state index contributed by atoms with van der Waals surface area (Å²) >= 11 is 1.90. The topological polar surface area (TPSA) is 70.1 Å². The molecule has 0 aliphatic carbocycles. The van der Waals surface area contributed by atoms with Crippen molar-refractivity contribution in [2.24, 2.45) is 0 Å². The molecule has 2 heterocycles. The largest absolute Gasteiger partial charge is 0.461 e. The molecular weight excluding hydrogens is 238 g/mol. The van der Waals surface area contributed by atoms with E-state index in [9.17, 15) is 4.79 Å². The highest BCUT2D eigenvalue weighted by Crippen LogP contribution is 2.32. The van der Waals surface area contributed by atoms with Gasteiger partial charge in [-0.05, 0) is 26.0 Å². The van der Waals surface area contributed by atoms with Gasteiger partial charge < -0.3 is 15.0 Å². The van der Waals surface area contributed by atoms with E-state index in [-0.39, 0.29) is 5.69 Å². The quantitative estimate of drug-likeness (QED) is 0.831. The van der Waals surface area contributed by atoms with Crippen LogP contribution in [0.5, 0.6) is 0 Å². The zero-order valence-corrected chi connectivity index (χ0v) is 10.9. The number of anilines is 1. The summed E-state index contributed by atoms with van der Waals surface area (Å²) < 4.78 is 6.90. The van der Waals surface area contributed by atoms with Gasteiger partial charge in [-0.2, -0.15) is 11.8 Å². The molecule has 2 rings (SSSR count). The summed E-state index contributed by atoms with van der Waals surface area (Å²) in [5, 5.41) is 0. The van der Waals surface area contributed by atoms with Crippen LogP contribution >= 0.6 is 11.8 Å². The van der Waals surface area contributed by atoms with Gasteiger partial charge in [-0.25, -0.2) is 9.78 Å². The second-order valence-electron chi connectivity index (χ2n) is 4.00. The zero-order chi connectivity index (χ0) is 12.4. The summed E-state index contributed by atoms with van der Waals surface area (Å²) in [5.41, 5.74) is 6.26. The fraction of sp³-hybridized carbons (Fsp3) is 0.636. The van der Waals surface area contributed by atoms with E-state index in [0.29, 0.717) is 18.5 Å². The fourth-order valence-electron chi connectivity index (χ4n) is 2.10. The van der Waals surface area contributed by atoms with Crippen LogP contribution in [0.4, 0.5) is 5.82 Å². The van der Waals surface area contributed by atoms with E-state index in [2.05, 4.69) is 4.98 Å². The molecule has 1 aliphatic heterocycles. The molecule has 6 heteroatoms. The third kappa shape index (κ3) is 2.26. The van der Waals surface area contributed by atoms with Crippen LogP contribution in [0.25, 0.3) is 0 Å². The zero-order valence-electron chi connectivity index (χ0n) is 10.1. The molecule has 1 aromatic heterocycles. The predicted octanol–water partition coefficient (Wildman–Crippen LogP) is 1.63. The average molecular weight is 255 g/mol. The molecule has 5 nitrogen and oxygen atoms in total. The summed E-state index contributed by atoms with van der Waals surface area (Å²) in [6.07, 6.45) is 1.08. The van der Waals surface area contributed by atoms with Gasteiger partial charge in [-0.15, -0.1) is 0 Å². The summed E-state index contributed by atoms with van der Waals surface area (Å²) in [6.45, 7) is 3.98. The number of carbonyl (C=O) groups excluding carboxylic acids is 1. The molecule has 1 aromatic rings. The molecule has 0 saturated carbocycles. The molecule has 1 unspecified atom stereocenters. The lowest BCUT2D eigenvalue weighted by atomic mass is 10.2. The Bertz CT molecular complexity index is 425. The molecule has 0 radical (unpaired) electrons. The van der Waals surface area contributed by atoms with Crippen molar-refractivity contribution in [1.82, 2.24) is 9.55 Å². The van der Waals surface area contributed by atoms with Gasteiger partial charge in [0, 0.05) is 11.8 Å². The van der Waals surface area contributed by atoms with Crippen molar-refractivity contribution in [2.45, 2.75) is 26.3 Å². The van der Waals surface area contributed by atoms with E-state index in [4.69, 9.17) is 10.5 Å². The van der Waals surface area contributed by atoms with Crippen molar-refractivity contribution in [2.75, 3.05) is 23.8 Å². The Balaban J connectivity index is 2.31. The van der Waals surface area contributed by atoms with Gasteiger partial charge in [-0.1, -0.05) is 0 Å². The number of aromatic nitrogens is 2. The minimum atomic E-state index is -0.433. The minimum Gasteiger partial charge on any atom is -0.461 e. The van der Waals surface area contributed by atoms with Crippen molar-refractivity contribution in [3.8, 4) is 0 Å². The van der Waals surface area contributed by atoms with Crippen molar-refractivity contribution in [3.05, 3.63) is 11.5 Å². The van der Waals surface area contributed by atoms with Crippen LogP contribution < -0.4 is 5.73 Å². The number of nitrogens with zero attached hydrogens (tertiary/aromatic N) is 2. The molecule has 0 spiro atoms. The maximum Gasteiger partial charge on any atom is 0.360 e. The lowest BCUT2D eigenvalue weighted by Gasteiger charge is -2.14. The van der Waals surface area contributed by atoms with E-state index >= 15 is 0 Å². The van der Waals surface area contributed by atoms with E-state index in [1.807, 2.05) is 23.3 Å². The molecular formula is C11H17N3O2S. The number of thioether (sulfide) groups is 1. The van der Waals surface area contributed by atoms with Gasteiger partial charge in [-0.3, -0.25) is 0 Å². The van der Waals surface area contributed by atoms with E-state index in [1.165, 1.54) is 0 Å². The number of hydrogen-bond acceptors (Lipinski definition) is 5. The minimum absolute atomic E-state index is 0.251.